The summed E-state index contributed by atoms with van der Waals surface area (Å²) in [5, 5.41) is 3.69. The number of aromatic nitrogens is 1. The van der Waals surface area contributed by atoms with Crippen LogP contribution in [0.1, 0.15) is 57.9 Å². The van der Waals surface area contributed by atoms with Crippen molar-refractivity contribution >= 4 is 5.82 Å². The van der Waals surface area contributed by atoms with Gasteiger partial charge < -0.3 is 11.1 Å². The number of rotatable bonds is 7. The molecule has 0 aromatic carbocycles. The second-order valence-corrected chi connectivity index (χ2v) is 6.49. The molecule has 1 unspecified atom stereocenters. The third-order valence-electron chi connectivity index (χ3n) is 4.99. The molecule has 0 saturated heterocycles. The largest absolute Gasteiger partial charge is 0.383 e. The molecule has 1 fully saturated rings. The Morgan fingerprint density at radius 1 is 1.29 bits per heavy atom. The molecule has 3 heteroatoms. The number of anilines is 1. The van der Waals surface area contributed by atoms with Crippen LogP contribution in [0.2, 0.25) is 0 Å². The number of likely N-dealkylation sites (N-methyl/N-ethyl adjacent to an activating group) is 1. The molecule has 1 saturated carbocycles. The molecule has 0 spiro atoms. The van der Waals surface area contributed by atoms with Crippen LogP contribution >= 0.6 is 0 Å². The summed E-state index contributed by atoms with van der Waals surface area (Å²) in [5.41, 5.74) is 7.21. The standard InChI is InChI=1S/C18H31N3/c1-3-6-14-8-10-15(11-9-14)17(20-4-2)13-16-7-5-12-21-18(16)19/h5,7,12,14-15,17,20H,3-4,6,8-11,13H2,1-2H3,(H2,19,21). The molecule has 2 rings (SSSR count). The van der Waals surface area contributed by atoms with Gasteiger partial charge >= 0.3 is 0 Å². The van der Waals surface area contributed by atoms with E-state index in [4.69, 9.17) is 5.73 Å². The number of nitrogens with two attached hydrogens (primary N) is 1. The van der Waals surface area contributed by atoms with Crippen molar-refractivity contribution in [2.24, 2.45) is 11.8 Å². The maximum Gasteiger partial charge on any atom is 0.126 e. The Labute approximate surface area is 129 Å². The van der Waals surface area contributed by atoms with Crippen molar-refractivity contribution in [3.8, 4) is 0 Å². The highest BCUT2D eigenvalue weighted by Gasteiger charge is 2.27. The first kappa shape index (κ1) is 16.3. The molecular formula is C18H31N3. The minimum Gasteiger partial charge on any atom is -0.383 e. The Morgan fingerprint density at radius 3 is 2.67 bits per heavy atom. The molecule has 1 aliphatic rings. The van der Waals surface area contributed by atoms with Crippen molar-refractivity contribution in [3.05, 3.63) is 23.9 Å². The summed E-state index contributed by atoms with van der Waals surface area (Å²) in [6, 6.07) is 4.66. The molecular weight excluding hydrogens is 258 g/mol. The average molecular weight is 289 g/mol. The minimum atomic E-state index is 0.545. The molecule has 1 aromatic rings. The van der Waals surface area contributed by atoms with E-state index in [0.717, 1.165) is 24.8 Å². The molecule has 1 heterocycles. The Morgan fingerprint density at radius 2 is 2.05 bits per heavy atom. The fourth-order valence-corrected chi connectivity index (χ4v) is 3.82. The zero-order valence-electron chi connectivity index (χ0n) is 13.6. The van der Waals surface area contributed by atoms with Crippen molar-refractivity contribution in [1.29, 1.82) is 0 Å². The number of pyridine rings is 1. The molecule has 1 aliphatic carbocycles. The van der Waals surface area contributed by atoms with Crippen molar-refractivity contribution in [2.45, 2.75) is 64.8 Å². The average Bonchev–Trinajstić information content (AvgIpc) is 2.50. The predicted molar refractivity (Wildman–Crippen MR) is 90.2 cm³/mol. The smallest absolute Gasteiger partial charge is 0.126 e. The van der Waals surface area contributed by atoms with Crippen LogP contribution in [0.5, 0.6) is 0 Å². The molecule has 1 atom stereocenters. The first-order valence-corrected chi connectivity index (χ1v) is 8.67. The topological polar surface area (TPSA) is 50.9 Å². The highest BCUT2D eigenvalue weighted by Crippen LogP contribution is 2.34. The van der Waals surface area contributed by atoms with E-state index in [-0.39, 0.29) is 0 Å². The van der Waals surface area contributed by atoms with Crippen LogP contribution in [0.15, 0.2) is 18.3 Å². The first-order valence-electron chi connectivity index (χ1n) is 8.67. The summed E-state index contributed by atoms with van der Waals surface area (Å²) >= 11 is 0. The second-order valence-electron chi connectivity index (χ2n) is 6.49. The summed E-state index contributed by atoms with van der Waals surface area (Å²) < 4.78 is 0. The molecule has 0 radical (unpaired) electrons. The SMILES string of the molecule is CCCC1CCC(C(Cc2cccnc2N)NCC)CC1. The second kappa shape index (κ2) is 8.38. The molecule has 1 aromatic heterocycles. The molecule has 0 aliphatic heterocycles. The van der Waals surface area contributed by atoms with Gasteiger partial charge in [-0.1, -0.05) is 45.6 Å². The lowest BCUT2D eigenvalue weighted by Gasteiger charge is -2.34. The van der Waals surface area contributed by atoms with E-state index in [9.17, 15) is 0 Å². The summed E-state index contributed by atoms with van der Waals surface area (Å²) in [6.45, 7) is 5.53. The van der Waals surface area contributed by atoms with Gasteiger partial charge in [-0.15, -0.1) is 0 Å². The Kier molecular flexibility index (Phi) is 6.50. The minimum absolute atomic E-state index is 0.545. The maximum atomic E-state index is 6.02. The zero-order valence-corrected chi connectivity index (χ0v) is 13.6. The number of hydrogen-bond acceptors (Lipinski definition) is 3. The molecule has 3 nitrogen and oxygen atoms in total. The van der Waals surface area contributed by atoms with Crippen LogP contribution in [-0.4, -0.2) is 17.6 Å². The predicted octanol–water partition coefficient (Wildman–Crippen LogP) is 3.79. The monoisotopic (exact) mass is 289 g/mol. The van der Waals surface area contributed by atoms with E-state index in [1.807, 2.05) is 6.07 Å². The van der Waals surface area contributed by atoms with Gasteiger partial charge in [-0.2, -0.15) is 0 Å². The van der Waals surface area contributed by atoms with Crippen LogP contribution in [0.3, 0.4) is 0 Å². The molecule has 118 valence electrons. The maximum absolute atomic E-state index is 6.02. The van der Waals surface area contributed by atoms with Gasteiger partial charge in [0.25, 0.3) is 0 Å². The summed E-state index contributed by atoms with van der Waals surface area (Å²) in [6.07, 6.45) is 11.1. The van der Waals surface area contributed by atoms with Gasteiger partial charge in [0.1, 0.15) is 5.82 Å². The van der Waals surface area contributed by atoms with Crippen molar-refractivity contribution in [3.63, 3.8) is 0 Å². The lowest BCUT2D eigenvalue weighted by atomic mass is 9.76. The lowest BCUT2D eigenvalue weighted by molar-refractivity contribution is 0.214. The normalized spacial score (nSPS) is 23.9. The van der Waals surface area contributed by atoms with E-state index < -0.39 is 0 Å². The summed E-state index contributed by atoms with van der Waals surface area (Å²) in [7, 11) is 0. The fourth-order valence-electron chi connectivity index (χ4n) is 3.82. The molecule has 21 heavy (non-hydrogen) atoms. The zero-order chi connectivity index (χ0) is 15.1. The molecule has 3 N–H and O–H groups in total. The number of nitrogen functional groups attached to an aromatic ring is 1. The third-order valence-corrected chi connectivity index (χ3v) is 4.99. The van der Waals surface area contributed by atoms with E-state index in [2.05, 4.69) is 30.2 Å². The van der Waals surface area contributed by atoms with Crippen molar-refractivity contribution < 1.29 is 0 Å². The Hall–Kier alpha value is -1.09. The van der Waals surface area contributed by atoms with Gasteiger partial charge in [0.15, 0.2) is 0 Å². The van der Waals surface area contributed by atoms with E-state index >= 15 is 0 Å². The van der Waals surface area contributed by atoms with Crippen LogP contribution < -0.4 is 11.1 Å². The van der Waals surface area contributed by atoms with Gasteiger partial charge in [-0.05, 0) is 49.3 Å². The Balaban J connectivity index is 1.95. The van der Waals surface area contributed by atoms with Crippen LogP contribution in [0.25, 0.3) is 0 Å². The van der Waals surface area contributed by atoms with Gasteiger partial charge in [-0.25, -0.2) is 4.98 Å². The molecule has 0 amide bonds. The van der Waals surface area contributed by atoms with Gasteiger partial charge in [0.2, 0.25) is 0 Å². The van der Waals surface area contributed by atoms with Crippen molar-refractivity contribution in [2.75, 3.05) is 12.3 Å². The number of nitrogens with zero attached hydrogens (tertiary/aromatic N) is 1. The first-order chi connectivity index (χ1) is 10.2. The highest BCUT2D eigenvalue weighted by atomic mass is 14.9. The fraction of sp³-hybridized carbons (Fsp3) is 0.722. The number of nitrogens with one attached hydrogen (secondary N) is 1. The lowest BCUT2D eigenvalue weighted by Crippen LogP contribution is -2.40. The van der Waals surface area contributed by atoms with Gasteiger partial charge in [0, 0.05) is 12.2 Å². The summed E-state index contributed by atoms with van der Waals surface area (Å²) in [5.74, 6) is 2.45. The highest BCUT2D eigenvalue weighted by molar-refractivity contribution is 5.39. The summed E-state index contributed by atoms with van der Waals surface area (Å²) in [4.78, 5) is 4.22. The van der Waals surface area contributed by atoms with E-state index in [1.165, 1.54) is 44.1 Å². The molecule has 0 bridgehead atoms. The van der Waals surface area contributed by atoms with Gasteiger partial charge in [-0.3, -0.25) is 0 Å². The van der Waals surface area contributed by atoms with E-state index in [0.29, 0.717) is 11.9 Å². The van der Waals surface area contributed by atoms with Crippen molar-refractivity contribution in [1.82, 2.24) is 10.3 Å². The Bertz CT molecular complexity index is 411. The number of hydrogen-bond donors (Lipinski definition) is 2. The van der Waals surface area contributed by atoms with Crippen LogP contribution in [0, 0.1) is 11.8 Å². The third kappa shape index (κ3) is 4.70. The van der Waals surface area contributed by atoms with Crippen LogP contribution in [-0.2, 0) is 6.42 Å². The van der Waals surface area contributed by atoms with Gasteiger partial charge in [0.05, 0.1) is 0 Å². The van der Waals surface area contributed by atoms with E-state index in [1.54, 1.807) is 6.20 Å². The quantitative estimate of drug-likeness (QED) is 0.803. The van der Waals surface area contributed by atoms with Crippen LogP contribution in [0.4, 0.5) is 5.82 Å².